The lowest BCUT2D eigenvalue weighted by atomic mass is 9.79. The predicted octanol–water partition coefficient (Wildman–Crippen LogP) is 3.98. The quantitative estimate of drug-likeness (QED) is 0.815. The third kappa shape index (κ3) is 2.82. The van der Waals surface area contributed by atoms with Crippen molar-refractivity contribution >= 4 is 6.09 Å². The van der Waals surface area contributed by atoms with Crippen LogP contribution in [0.3, 0.4) is 0 Å². The molecule has 108 valence electrons. The van der Waals surface area contributed by atoms with Gasteiger partial charge in [0.05, 0.1) is 0 Å². The fourth-order valence-corrected chi connectivity index (χ4v) is 3.75. The molecule has 2 saturated heterocycles. The molecule has 0 aliphatic carbocycles. The van der Waals surface area contributed by atoms with Crippen LogP contribution in [0.1, 0.15) is 44.6 Å². The maximum atomic E-state index is 12.4. The average Bonchev–Trinajstić information content (AvgIpc) is 2.45. The van der Waals surface area contributed by atoms with Crippen LogP contribution in [0.4, 0.5) is 4.79 Å². The van der Waals surface area contributed by atoms with Crippen LogP contribution in [0.5, 0.6) is 0 Å². The number of hydrogen-bond donors (Lipinski definition) is 0. The lowest BCUT2D eigenvalue weighted by molar-refractivity contribution is 0.00602. The Bertz CT molecular complexity index is 445. The molecule has 0 aromatic heterocycles. The molecule has 2 aliphatic rings. The number of rotatable bonds is 2. The Morgan fingerprint density at radius 2 is 1.85 bits per heavy atom. The molecule has 2 atom stereocenters. The predicted molar refractivity (Wildman–Crippen MR) is 78.3 cm³/mol. The molecule has 2 bridgehead atoms. The number of amides is 1. The van der Waals surface area contributed by atoms with Crippen LogP contribution in [-0.2, 0) is 11.3 Å². The molecule has 2 heterocycles. The van der Waals surface area contributed by atoms with Crippen molar-refractivity contribution in [3.05, 3.63) is 35.9 Å². The summed E-state index contributed by atoms with van der Waals surface area (Å²) in [7, 11) is 0. The highest BCUT2D eigenvalue weighted by atomic mass is 16.6. The molecule has 3 heteroatoms. The van der Waals surface area contributed by atoms with E-state index in [-0.39, 0.29) is 6.09 Å². The molecule has 3 rings (SSSR count). The first-order chi connectivity index (χ1) is 9.74. The highest BCUT2D eigenvalue weighted by Gasteiger charge is 2.40. The van der Waals surface area contributed by atoms with Crippen molar-refractivity contribution < 1.29 is 9.53 Å². The van der Waals surface area contributed by atoms with E-state index in [2.05, 4.69) is 6.92 Å². The van der Waals surface area contributed by atoms with E-state index in [0.717, 1.165) is 37.2 Å². The van der Waals surface area contributed by atoms with Gasteiger partial charge in [-0.1, -0.05) is 37.3 Å². The summed E-state index contributed by atoms with van der Waals surface area (Å²) in [5, 5.41) is 0. The first kappa shape index (κ1) is 13.5. The SMILES string of the molecule is CC1CC2CCCC(C1)N2C(=O)OCc1ccccc1. The number of ether oxygens (including phenoxy) is 1. The van der Waals surface area contributed by atoms with Gasteiger partial charge in [0, 0.05) is 12.1 Å². The Balaban J connectivity index is 1.62. The molecule has 2 aliphatic heterocycles. The van der Waals surface area contributed by atoms with Gasteiger partial charge in [-0.05, 0) is 43.6 Å². The van der Waals surface area contributed by atoms with Crippen molar-refractivity contribution in [3.8, 4) is 0 Å². The van der Waals surface area contributed by atoms with E-state index in [1.54, 1.807) is 0 Å². The van der Waals surface area contributed by atoms with Gasteiger partial charge in [-0.15, -0.1) is 0 Å². The second-order valence-electron chi connectivity index (χ2n) is 6.26. The van der Waals surface area contributed by atoms with E-state index in [1.165, 1.54) is 6.42 Å². The molecule has 2 unspecified atom stereocenters. The van der Waals surface area contributed by atoms with Crippen LogP contribution in [0.25, 0.3) is 0 Å². The lowest BCUT2D eigenvalue weighted by Crippen LogP contribution is -2.54. The monoisotopic (exact) mass is 273 g/mol. The van der Waals surface area contributed by atoms with Gasteiger partial charge in [-0.2, -0.15) is 0 Å². The topological polar surface area (TPSA) is 29.5 Å². The maximum Gasteiger partial charge on any atom is 0.410 e. The van der Waals surface area contributed by atoms with Gasteiger partial charge in [0.25, 0.3) is 0 Å². The normalized spacial score (nSPS) is 29.1. The number of carbonyl (C=O) groups is 1. The lowest BCUT2D eigenvalue weighted by Gasteiger charge is -2.47. The van der Waals surface area contributed by atoms with Crippen molar-refractivity contribution in [2.45, 2.75) is 57.7 Å². The number of carbonyl (C=O) groups excluding carboxylic acids is 1. The number of hydrogen-bond acceptors (Lipinski definition) is 2. The van der Waals surface area contributed by atoms with Gasteiger partial charge < -0.3 is 9.64 Å². The van der Waals surface area contributed by atoms with Crippen molar-refractivity contribution in [2.24, 2.45) is 5.92 Å². The van der Waals surface area contributed by atoms with Crippen molar-refractivity contribution in [3.63, 3.8) is 0 Å². The van der Waals surface area contributed by atoms with Crippen LogP contribution < -0.4 is 0 Å². The van der Waals surface area contributed by atoms with Gasteiger partial charge in [-0.25, -0.2) is 4.79 Å². The molecule has 1 aromatic carbocycles. The molecule has 20 heavy (non-hydrogen) atoms. The van der Waals surface area contributed by atoms with Gasteiger partial charge >= 0.3 is 6.09 Å². The summed E-state index contributed by atoms with van der Waals surface area (Å²) in [6.45, 7) is 2.68. The smallest absolute Gasteiger partial charge is 0.410 e. The van der Waals surface area contributed by atoms with E-state index in [4.69, 9.17) is 4.74 Å². The zero-order chi connectivity index (χ0) is 13.9. The van der Waals surface area contributed by atoms with Crippen molar-refractivity contribution in [1.29, 1.82) is 0 Å². The highest BCUT2D eigenvalue weighted by molar-refractivity contribution is 5.69. The maximum absolute atomic E-state index is 12.4. The zero-order valence-electron chi connectivity index (χ0n) is 12.1. The van der Waals surface area contributed by atoms with E-state index >= 15 is 0 Å². The first-order valence-corrected chi connectivity index (χ1v) is 7.73. The minimum Gasteiger partial charge on any atom is -0.445 e. The number of piperidine rings is 2. The summed E-state index contributed by atoms with van der Waals surface area (Å²) >= 11 is 0. The molecule has 0 saturated carbocycles. The van der Waals surface area contributed by atoms with E-state index in [0.29, 0.717) is 18.7 Å². The minimum absolute atomic E-state index is 0.115. The molecule has 1 amide bonds. The fraction of sp³-hybridized carbons (Fsp3) is 0.588. The molecular formula is C17H23NO2. The molecule has 1 aromatic rings. The van der Waals surface area contributed by atoms with Crippen LogP contribution in [-0.4, -0.2) is 23.1 Å². The van der Waals surface area contributed by atoms with E-state index in [1.807, 2.05) is 35.2 Å². The van der Waals surface area contributed by atoms with Crippen LogP contribution in [0.2, 0.25) is 0 Å². The minimum atomic E-state index is -0.115. The van der Waals surface area contributed by atoms with Gasteiger partial charge in [0.1, 0.15) is 6.61 Å². The van der Waals surface area contributed by atoms with E-state index < -0.39 is 0 Å². The van der Waals surface area contributed by atoms with Crippen molar-refractivity contribution in [1.82, 2.24) is 4.90 Å². The fourth-order valence-electron chi connectivity index (χ4n) is 3.75. The Morgan fingerprint density at radius 1 is 1.20 bits per heavy atom. The second-order valence-corrected chi connectivity index (χ2v) is 6.26. The molecule has 2 fully saturated rings. The Hall–Kier alpha value is -1.51. The Morgan fingerprint density at radius 3 is 2.50 bits per heavy atom. The summed E-state index contributed by atoms with van der Waals surface area (Å²) in [5.74, 6) is 0.739. The first-order valence-electron chi connectivity index (χ1n) is 7.73. The summed E-state index contributed by atoms with van der Waals surface area (Å²) < 4.78 is 5.53. The summed E-state index contributed by atoms with van der Waals surface area (Å²) in [4.78, 5) is 14.4. The molecule has 0 spiro atoms. The number of fused-ring (bicyclic) bond motifs is 2. The van der Waals surface area contributed by atoms with Crippen LogP contribution in [0, 0.1) is 5.92 Å². The van der Waals surface area contributed by atoms with E-state index in [9.17, 15) is 4.79 Å². The summed E-state index contributed by atoms with van der Waals surface area (Å²) in [6, 6.07) is 10.7. The summed E-state index contributed by atoms with van der Waals surface area (Å²) in [5.41, 5.74) is 1.05. The highest BCUT2D eigenvalue weighted by Crippen LogP contribution is 2.37. The molecule has 0 radical (unpaired) electrons. The summed E-state index contributed by atoms with van der Waals surface area (Å²) in [6.07, 6.45) is 5.69. The van der Waals surface area contributed by atoms with Crippen LogP contribution >= 0.6 is 0 Å². The van der Waals surface area contributed by atoms with Gasteiger partial charge in [-0.3, -0.25) is 0 Å². The molecule has 0 N–H and O–H groups in total. The molecular weight excluding hydrogens is 250 g/mol. The number of nitrogens with zero attached hydrogens (tertiary/aromatic N) is 1. The van der Waals surface area contributed by atoms with Gasteiger partial charge in [0.15, 0.2) is 0 Å². The third-order valence-corrected chi connectivity index (χ3v) is 4.63. The number of benzene rings is 1. The second kappa shape index (κ2) is 5.86. The van der Waals surface area contributed by atoms with Gasteiger partial charge in [0.2, 0.25) is 0 Å². The largest absolute Gasteiger partial charge is 0.445 e. The average molecular weight is 273 g/mol. The Labute approximate surface area is 120 Å². The van der Waals surface area contributed by atoms with Crippen molar-refractivity contribution in [2.75, 3.05) is 0 Å². The van der Waals surface area contributed by atoms with Crippen LogP contribution in [0.15, 0.2) is 30.3 Å². The zero-order valence-corrected chi connectivity index (χ0v) is 12.1. The standard InChI is InChI=1S/C17H23NO2/c1-13-10-15-8-5-9-16(11-13)18(15)17(19)20-12-14-6-3-2-4-7-14/h2-4,6-7,13,15-16H,5,8-12H2,1H3. The Kier molecular flexibility index (Phi) is 3.95. The third-order valence-electron chi connectivity index (χ3n) is 4.63. The molecule has 3 nitrogen and oxygen atoms in total.